The average molecular weight is 287 g/mol. The topological polar surface area (TPSA) is 21.3 Å². The first-order valence-corrected chi connectivity index (χ1v) is 6.93. The van der Waals surface area contributed by atoms with Gasteiger partial charge in [0, 0.05) is 12.6 Å². The molecule has 2 nitrogen and oxygen atoms in total. The number of aryl methyl sites for hydroxylation is 2. The van der Waals surface area contributed by atoms with Crippen LogP contribution in [0.2, 0.25) is 0 Å². The number of hydrogen-bond acceptors (Lipinski definition) is 2. The summed E-state index contributed by atoms with van der Waals surface area (Å²) in [4.78, 5) is 0. The molecule has 0 heterocycles. The lowest BCUT2D eigenvalue weighted by atomic mass is 9.99. The molecule has 1 N–H and O–H groups in total. The molecule has 20 heavy (non-hydrogen) atoms. The highest BCUT2D eigenvalue weighted by atomic mass is 19.4. The summed E-state index contributed by atoms with van der Waals surface area (Å²) in [6.07, 6.45) is -0.287. The molecule has 5 heteroatoms. The van der Waals surface area contributed by atoms with Crippen LogP contribution in [-0.2, 0) is 17.6 Å². The molecule has 1 aliphatic carbocycles. The summed E-state index contributed by atoms with van der Waals surface area (Å²) in [5.41, 5.74) is 3.90. The third kappa shape index (κ3) is 4.21. The molecule has 1 unspecified atom stereocenters. The molecule has 1 atom stereocenters. The van der Waals surface area contributed by atoms with E-state index in [1.54, 1.807) is 0 Å². The van der Waals surface area contributed by atoms with Crippen LogP contribution in [0.25, 0.3) is 0 Å². The Balaban J connectivity index is 1.88. The maximum absolute atomic E-state index is 12.0. The van der Waals surface area contributed by atoms with Crippen molar-refractivity contribution in [3.05, 3.63) is 34.9 Å². The van der Waals surface area contributed by atoms with Crippen molar-refractivity contribution in [2.75, 3.05) is 20.3 Å². The highest BCUT2D eigenvalue weighted by Crippen LogP contribution is 2.26. The second-order valence-corrected chi connectivity index (χ2v) is 5.18. The first-order chi connectivity index (χ1) is 9.49. The Morgan fingerprint density at radius 1 is 1.25 bits per heavy atom. The summed E-state index contributed by atoms with van der Waals surface area (Å²) in [5.74, 6) is 0. The van der Waals surface area contributed by atoms with Crippen LogP contribution in [0.5, 0.6) is 0 Å². The molecule has 0 aromatic heterocycles. The maximum atomic E-state index is 12.0. The van der Waals surface area contributed by atoms with Gasteiger partial charge in [0.25, 0.3) is 0 Å². The van der Waals surface area contributed by atoms with Gasteiger partial charge in [0.15, 0.2) is 0 Å². The number of halogens is 3. The van der Waals surface area contributed by atoms with Crippen LogP contribution >= 0.6 is 0 Å². The molecule has 2 rings (SSSR count). The van der Waals surface area contributed by atoms with E-state index in [0.29, 0.717) is 6.42 Å². The fourth-order valence-corrected chi connectivity index (χ4v) is 2.68. The van der Waals surface area contributed by atoms with E-state index in [9.17, 15) is 13.2 Å². The molecule has 0 radical (unpaired) electrons. The largest absolute Gasteiger partial charge is 0.411 e. The third-order valence-electron chi connectivity index (χ3n) is 3.69. The lowest BCUT2D eigenvalue weighted by Crippen LogP contribution is -2.21. The number of rotatable bonds is 6. The normalized spacial score (nSPS) is 16.2. The van der Waals surface area contributed by atoms with Crippen LogP contribution in [0.15, 0.2) is 18.2 Å². The molecule has 0 spiro atoms. The van der Waals surface area contributed by atoms with Crippen molar-refractivity contribution in [2.24, 2.45) is 0 Å². The Bertz CT molecular complexity index is 445. The Hall–Kier alpha value is -1.07. The lowest BCUT2D eigenvalue weighted by molar-refractivity contribution is -0.174. The van der Waals surface area contributed by atoms with Crippen molar-refractivity contribution in [1.82, 2.24) is 5.32 Å². The van der Waals surface area contributed by atoms with E-state index in [1.807, 2.05) is 7.05 Å². The monoisotopic (exact) mass is 287 g/mol. The standard InChI is InChI=1S/C15H20F3NO/c1-19-14(7-8-20-10-15(16,17)18)13-6-5-11-3-2-4-12(11)9-13/h5-6,9,14,19H,2-4,7-8,10H2,1H3. The molecule has 0 saturated heterocycles. The first-order valence-electron chi connectivity index (χ1n) is 6.93. The Kier molecular flexibility index (Phi) is 5.05. The third-order valence-corrected chi connectivity index (χ3v) is 3.69. The first kappa shape index (κ1) is 15.3. The van der Waals surface area contributed by atoms with Crippen molar-refractivity contribution in [2.45, 2.75) is 37.9 Å². The molecule has 0 amide bonds. The zero-order valence-corrected chi connectivity index (χ0v) is 11.6. The fraction of sp³-hybridized carbons (Fsp3) is 0.600. The summed E-state index contributed by atoms with van der Waals surface area (Å²) in [7, 11) is 1.82. The molecule has 1 aromatic rings. The zero-order chi connectivity index (χ0) is 14.6. The number of alkyl halides is 3. The molecular weight excluding hydrogens is 267 g/mol. The minimum Gasteiger partial charge on any atom is -0.372 e. The fourth-order valence-electron chi connectivity index (χ4n) is 2.68. The second-order valence-electron chi connectivity index (χ2n) is 5.18. The summed E-state index contributed by atoms with van der Waals surface area (Å²) >= 11 is 0. The summed E-state index contributed by atoms with van der Waals surface area (Å²) < 4.78 is 40.7. The van der Waals surface area contributed by atoms with E-state index in [-0.39, 0.29) is 12.6 Å². The van der Waals surface area contributed by atoms with Crippen molar-refractivity contribution in [3.63, 3.8) is 0 Å². The predicted molar refractivity (Wildman–Crippen MR) is 71.8 cm³/mol. The zero-order valence-electron chi connectivity index (χ0n) is 11.6. The van der Waals surface area contributed by atoms with Gasteiger partial charge in [0.1, 0.15) is 6.61 Å². The second kappa shape index (κ2) is 6.59. The predicted octanol–water partition coefficient (Wildman–Crippen LogP) is 3.40. The lowest BCUT2D eigenvalue weighted by Gasteiger charge is -2.18. The van der Waals surface area contributed by atoms with Gasteiger partial charge in [-0.25, -0.2) is 0 Å². The van der Waals surface area contributed by atoms with E-state index in [4.69, 9.17) is 0 Å². The molecule has 0 saturated carbocycles. The minimum absolute atomic E-state index is 0.0362. The Morgan fingerprint density at radius 2 is 2.00 bits per heavy atom. The Morgan fingerprint density at radius 3 is 2.70 bits per heavy atom. The van der Waals surface area contributed by atoms with Crippen LogP contribution in [-0.4, -0.2) is 26.4 Å². The summed E-state index contributed by atoms with van der Waals surface area (Å²) in [6.45, 7) is -1.07. The SMILES string of the molecule is CNC(CCOCC(F)(F)F)c1ccc2c(c1)CCC2. The average Bonchev–Trinajstić information content (AvgIpc) is 2.84. The smallest absolute Gasteiger partial charge is 0.372 e. The molecule has 0 bridgehead atoms. The van der Waals surface area contributed by atoms with Crippen molar-refractivity contribution < 1.29 is 17.9 Å². The molecule has 1 aliphatic rings. The maximum Gasteiger partial charge on any atom is 0.411 e. The molecule has 0 aliphatic heterocycles. The van der Waals surface area contributed by atoms with Gasteiger partial charge >= 0.3 is 6.18 Å². The van der Waals surface area contributed by atoms with Gasteiger partial charge in [-0.2, -0.15) is 13.2 Å². The van der Waals surface area contributed by atoms with E-state index in [2.05, 4.69) is 28.3 Å². The van der Waals surface area contributed by atoms with Crippen LogP contribution < -0.4 is 5.32 Å². The van der Waals surface area contributed by atoms with Crippen LogP contribution in [0.3, 0.4) is 0 Å². The van der Waals surface area contributed by atoms with Crippen molar-refractivity contribution >= 4 is 0 Å². The van der Waals surface area contributed by atoms with Crippen LogP contribution in [0.1, 0.15) is 35.6 Å². The molecule has 1 aromatic carbocycles. The molecular formula is C15H20F3NO. The van der Waals surface area contributed by atoms with Gasteiger partial charge in [0.05, 0.1) is 0 Å². The number of hydrogen-bond donors (Lipinski definition) is 1. The van der Waals surface area contributed by atoms with Gasteiger partial charge in [0.2, 0.25) is 0 Å². The Labute approximate surface area is 117 Å². The highest BCUT2D eigenvalue weighted by molar-refractivity contribution is 5.36. The number of benzene rings is 1. The highest BCUT2D eigenvalue weighted by Gasteiger charge is 2.27. The number of nitrogens with one attached hydrogen (secondary N) is 1. The minimum atomic E-state index is -4.25. The van der Waals surface area contributed by atoms with Crippen molar-refractivity contribution in [1.29, 1.82) is 0 Å². The van der Waals surface area contributed by atoms with Gasteiger partial charge < -0.3 is 10.1 Å². The van der Waals surface area contributed by atoms with Crippen molar-refractivity contribution in [3.8, 4) is 0 Å². The van der Waals surface area contributed by atoms with E-state index < -0.39 is 12.8 Å². The van der Waals surface area contributed by atoms with Gasteiger partial charge in [-0.1, -0.05) is 18.2 Å². The van der Waals surface area contributed by atoms with E-state index in [0.717, 1.165) is 18.4 Å². The van der Waals surface area contributed by atoms with Gasteiger partial charge in [-0.3, -0.25) is 0 Å². The van der Waals surface area contributed by atoms with Gasteiger partial charge in [-0.05, 0) is 49.4 Å². The van der Waals surface area contributed by atoms with Crippen LogP contribution in [0, 0.1) is 0 Å². The molecule has 0 fully saturated rings. The van der Waals surface area contributed by atoms with Gasteiger partial charge in [-0.15, -0.1) is 0 Å². The summed E-state index contributed by atoms with van der Waals surface area (Å²) in [6, 6.07) is 6.41. The molecule has 112 valence electrons. The quantitative estimate of drug-likeness (QED) is 0.810. The van der Waals surface area contributed by atoms with E-state index in [1.165, 1.54) is 17.5 Å². The van der Waals surface area contributed by atoms with E-state index >= 15 is 0 Å². The number of ether oxygens (including phenoxy) is 1. The van der Waals surface area contributed by atoms with Crippen LogP contribution in [0.4, 0.5) is 13.2 Å². The number of fused-ring (bicyclic) bond motifs is 1. The summed E-state index contributed by atoms with van der Waals surface area (Å²) in [5, 5.41) is 3.15.